The van der Waals surface area contributed by atoms with E-state index in [-0.39, 0.29) is 23.5 Å². The zero-order valence-corrected chi connectivity index (χ0v) is 16.3. The van der Waals surface area contributed by atoms with Gasteiger partial charge in [0.2, 0.25) is 11.8 Å². The first-order valence-corrected chi connectivity index (χ1v) is 9.61. The molecule has 1 aliphatic rings. The van der Waals surface area contributed by atoms with Crippen molar-refractivity contribution in [2.45, 2.75) is 39.3 Å². The number of aromatic nitrogens is 3. The van der Waals surface area contributed by atoms with Gasteiger partial charge in [-0.15, -0.1) is 10.2 Å². The van der Waals surface area contributed by atoms with Crippen LogP contribution in [0.3, 0.4) is 0 Å². The summed E-state index contributed by atoms with van der Waals surface area (Å²) in [4.78, 5) is 28.5. The van der Waals surface area contributed by atoms with E-state index in [9.17, 15) is 14.0 Å². The first-order valence-electron chi connectivity index (χ1n) is 9.61. The van der Waals surface area contributed by atoms with Crippen molar-refractivity contribution in [2.24, 2.45) is 5.92 Å². The molecule has 7 nitrogen and oxygen atoms in total. The molecule has 0 bridgehead atoms. The molecule has 1 fully saturated rings. The van der Waals surface area contributed by atoms with Crippen LogP contribution in [0.2, 0.25) is 0 Å². The minimum absolute atomic E-state index is 0.00825. The molecule has 1 atom stereocenters. The molecule has 0 unspecified atom stereocenters. The van der Waals surface area contributed by atoms with E-state index in [4.69, 9.17) is 0 Å². The average molecular weight is 387 g/mol. The van der Waals surface area contributed by atoms with Crippen molar-refractivity contribution in [3.05, 3.63) is 47.8 Å². The maximum absolute atomic E-state index is 13.3. The SMILES string of the molecule is CCn1cnnc1CN(C)C(=O)[C@@H]1CCC(=O)N(CCc2cccc(F)c2)C1. The molecule has 0 N–H and O–H groups in total. The fourth-order valence-electron chi connectivity index (χ4n) is 3.56. The fourth-order valence-corrected chi connectivity index (χ4v) is 3.56. The summed E-state index contributed by atoms with van der Waals surface area (Å²) >= 11 is 0. The molecule has 0 radical (unpaired) electrons. The normalized spacial score (nSPS) is 17.0. The monoisotopic (exact) mass is 387 g/mol. The molecule has 1 aromatic heterocycles. The largest absolute Gasteiger partial charge is 0.342 e. The predicted molar refractivity (Wildman–Crippen MR) is 102 cm³/mol. The highest BCUT2D eigenvalue weighted by Gasteiger charge is 2.32. The number of hydrogen-bond acceptors (Lipinski definition) is 4. The highest BCUT2D eigenvalue weighted by atomic mass is 19.1. The van der Waals surface area contributed by atoms with Crippen LogP contribution >= 0.6 is 0 Å². The van der Waals surface area contributed by atoms with Gasteiger partial charge in [-0.25, -0.2) is 4.39 Å². The maximum atomic E-state index is 13.3. The Labute approximate surface area is 164 Å². The molecule has 2 amide bonds. The van der Waals surface area contributed by atoms with E-state index in [1.807, 2.05) is 17.6 Å². The highest BCUT2D eigenvalue weighted by molar-refractivity contribution is 5.83. The average Bonchev–Trinajstić information content (AvgIpc) is 3.14. The van der Waals surface area contributed by atoms with Crippen molar-refractivity contribution < 1.29 is 14.0 Å². The first-order chi connectivity index (χ1) is 13.5. The third-order valence-corrected chi connectivity index (χ3v) is 5.20. The van der Waals surface area contributed by atoms with E-state index in [0.717, 1.165) is 17.9 Å². The van der Waals surface area contributed by atoms with Crippen molar-refractivity contribution >= 4 is 11.8 Å². The molecule has 150 valence electrons. The second-order valence-corrected chi connectivity index (χ2v) is 7.18. The number of likely N-dealkylation sites (tertiary alicyclic amines) is 1. The van der Waals surface area contributed by atoms with Crippen molar-refractivity contribution in [1.29, 1.82) is 0 Å². The molecule has 0 spiro atoms. The molecule has 28 heavy (non-hydrogen) atoms. The maximum Gasteiger partial charge on any atom is 0.227 e. The summed E-state index contributed by atoms with van der Waals surface area (Å²) in [6.07, 6.45) is 3.14. The predicted octanol–water partition coefficient (Wildman–Crippen LogP) is 1.88. The molecule has 0 aliphatic carbocycles. The van der Waals surface area contributed by atoms with Crippen LogP contribution in [-0.4, -0.2) is 56.5 Å². The van der Waals surface area contributed by atoms with Gasteiger partial charge in [-0.05, 0) is 37.5 Å². The molecule has 0 saturated carbocycles. The Bertz CT molecular complexity index is 838. The minimum atomic E-state index is -0.280. The van der Waals surface area contributed by atoms with Gasteiger partial charge >= 0.3 is 0 Å². The summed E-state index contributed by atoms with van der Waals surface area (Å²) in [6, 6.07) is 6.39. The molecule has 8 heteroatoms. The van der Waals surface area contributed by atoms with Crippen molar-refractivity contribution in [3.63, 3.8) is 0 Å². The van der Waals surface area contributed by atoms with Crippen LogP contribution < -0.4 is 0 Å². The smallest absolute Gasteiger partial charge is 0.227 e. The Hall–Kier alpha value is -2.77. The van der Waals surface area contributed by atoms with Crippen LogP contribution in [0.15, 0.2) is 30.6 Å². The first kappa shape index (κ1) is 20.0. The summed E-state index contributed by atoms with van der Waals surface area (Å²) in [5, 5.41) is 7.97. The van der Waals surface area contributed by atoms with E-state index in [0.29, 0.717) is 38.9 Å². The van der Waals surface area contributed by atoms with Crippen molar-refractivity contribution in [1.82, 2.24) is 24.6 Å². The molecular formula is C20H26FN5O2. The highest BCUT2D eigenvalue weighted by Crippen LogP contribution is 2.21. The number of carbonyl (C=O) groups is 2. The van der Waals surface area contributed by atoms with E-state index >= 15 is 0 Å². The Morgan fingerprint density at radius 1 is 1.39 bits per heavy atom. The number of hydrogen-bond donors (Lipinski definition) is 0. The summed E-state index contributed by atoms with van der Waals surface area (Å²) in [5.74, 6) is 0.293. The number of rotatable bonds is 7. The molecule has 1 aromatic carbocycles. The lowest BCUT2D eigenvalue weighted by Gasteiger charge is -2.33. The zero-order chi connectivity index (χ0) is 20.1. The second-order valence-electron chi connectivity index (χ2n) is 7.18. The van der Waals surface area contributed by atoms with E-state index in [1.54, 1.807) is 29.2 Å². The van der Waals surface area contributed by atoms with Crippen LogP contribution in [0, 0.1) is 11.7 Å². The van der Waals surface area contributed by atoms with Crippen LogP contribution in [0.25, 0.3) is 0 Å². The fraction of sp³-hybridized carbons (Fsp3) is 0.500. The van der Waals surface area contributed by atoms with Gasteiger partial charge < -0.3 is 14.4 Å². The lowest BCUT2D eigenvalue weighted by Crippen LogP contribution is -2.46. The van der Waals surface area contributed by atoms with Gasteiger partial charge in [0.05, 0.1) is 12.5 Å². The van der Waals surface area contributed by atoms with Gasteiger partial charge in [0.15, 0.2) is 5.82 Å². The lowest BCUT2D eigenvalue weighted by atomic mass is 9.95. The molecule has 1 aliphatic heterocycles. The van der Waals surface area contributed by atoms with Crippen molar-refractivity contribution in [2.75, 3.05) is 20.1 Å². The third-order valence-electron chi connectivity index (χ3n) is 5.20. The van der Waals surface area contributed by atoms with E-state index in [1.165, 1.54) is 12.1 Å². The summed E-state index contributed by atoms with van der Waals surface area (Å²) < 4.78 is 15.2. The van der Waals surface area contributed by atoms with Crippen LogP contribution in [-0.2, 0) is 29.1 Å². The zero-order valence-electron chi connectivity index (χ0n) is 16.3. The van der Waals surface area contributed by atoms with Gasteiger partial charge in [-0.2, -0.15) is 0 Å². The Balaban J connectivity index is 1.58. The number of aryl methyl sites for hydroxylation is 1. The number of halogens is 1. The number of benzene rings is 1. The van der Waals surface area contributed by atoms with Gasteiger partial charge in [-0.1, -0.05) is 12.1 Å². The third kappa shape index (κ3) is 4.74. The number of carbonyl (C=O) groups excluding carboxylic acids is 2. The molecule has 2 heterocycles. The topological polar surface area (TPSA) is 71.3 Å². The van der Waals surface area contributed by atoms with Gasteiger partial charge in [0.1, 0.15) is 12.1 Å². The van der Waals surface area contributed by atoms with Crippen LogP contribution in [0.1, 0.15) is 31.2 Å². The molecule has 2 aromatic rings. The van der Waals surface area contributed by atoms with Gasteiger partial charge in [0, 0.05) is 33.1 Å². The molecule has 3 rings (SSSR count). The number of nitrogens with zero attached hydrogens (tertiary/aromatic N) is 5. The van der Waals surface area contributed by atoms with Crippen LogP contribution in [0.5, 0.6) is 0 Å². The van der Waals surface area contributed by atoms with Gasteiger partial charge in [-0.3, -0.25) is 9.59 Å². The summed E-state index contributed by atoms with van der Waals surface area (Å²) in [7, 11) is 1.75. The summed E-state index contributed by atoms with van der Waals surface area (Å²) in [5.41, 5.74) is 0.845. The van der Waals surface area contributed by atoms with Crippen molar-refractivity contribution in [3.8, 4) is 0 Å². The Morgan fingerprint density at radius 2 is 2.21 bits per heavy atom. The lowest BCUT2D eigenvalue weighted by molar-refractivity contribution is -0.142. The van der Waals surface area contributed by atoms with Crippen LogP contribution in [0.4, 0.5) is 4.39 Å². The second kappa shape index (κ2) is 8.95. The Morgan fingerprint density at radius 3 is 2.96 bits per heavy atom. The van der Waals surface area contributed by atoms with Gasteiger partial charge in [0.25, 0.3) is 0 Å². The minimum Gasteiger partial charge on any atom is -0.342 e. The number of piperidine rings is 1. The van der Waals surface area contributed by atoms with E-state index in [2.05, 4.69) is 10.2 Å². The molecule has 1 saturated heterocycles. The quantitative estimate of drug-likeness (QED) is 0.727. The standard InChI is InChI=1S/C20H26FN5O2/c1-3-25-14-22-23-18(25)13-24(2)20(28)16-7-8-19(27)26(12-16)10-9-15-5-4-6-17(21)11-15/h4-6,11,14,16H,3,7-10,12-13H2,1-2H3/t16-/m1/s1. The molecular weight excluding hydrogens is 361 g/mol. The summed E-state index contributed by atoms with van der Waals surface area (Å²) in [6.45, 7) is 4.02. The number of amides is 2. The Kier molecular flexibility index (Phi) is 6.38. The van der Waals surface area contributed by atoms with E-state index < -0.39 is 0 Å².